The Morgan fingerprint density at radius 2 is 1.86 bits per heavy atom. The third-order valence-corrected chi connectivity index (χ3v) is 3.87. The molecule has 6 heteroatoms. The van der Waals surface area contributed by atoms with Gasteiger partial charge in [-0.15, -0.1) is 0 Å². The number of methoxy groups -OCH3 is 1. The molecular formula is C16H20O6. The van der Waals surface area contributed by atoms with Crippen LogP contribution in [0.2, 0.25) is 0 Å². The Labute approximate surface area is 129 Å². The molecule has 3 rings (SSSR count). The summed E-state index contributed by atoms with van der Waals surface area (Å²) in [7, 11) is 1.56. The summed E-state index contributed by atoms with van der Waals surface area (Å²) in [6, 6.07) is 7.10. The van der Waals surface area contributed by atoms with E-state index in [1.807, 2.05) is 0 Å². The largest absolute Gasteiger partial charge is 0.482 e. The second-order valence-corrected chi connectivity index (χ2v) is 5.41. The van der Waals surface area contributed by atoms with Crippen molar-refractivity contribution in [3.05, 3.63) is 24.3 Å². The fraction of sp³-hybridized carbons (Fsp3) is 0.562. The van der Waals surface area contributed by atoms with Gasteiger partial charge in [-0.2, -0.15) is 0 Å². The van der Waals surface area contributed by atoms with Gasteiger partial charge in [0.1, 0.15) is 11.5 Å². The van der Waals surface area contributed by atoms with Crippen molar-refractivity contribution in [3.8, 4) is 11.5 Å². The zero-order valence-electron chi connectivity index (χ0n) is 12.6. The Kier molecular flexibility index (Phi) is 4.61. The van der Waals surface area contributed by atoms with E-state index in [-0.39, 0.29) is 12.6 Å². The van der Waals surface area contributed by atoms with Crippen LogP contribution in [-0.2, 0) is 19.0 Å². The summed E-state index contributed by atoms with van der Waals surface area (Å²) in [5, 5.41) is 0. The minimum Gasteiger partial charge on any atom is -0.482 e. The van der Waals surface area contributed by atoms with Gasteiger partial charge in [0.05, 0.1) is 13.2 Å². The molecule has 0 aromatic heterocycles. The number of carbonyl (C=O) groups excluding carboxylic acids is 1. The lowest BCUT2D eigenvalue weighted by Crippen LogP contribution is -2.45. The maximum Gasteiger partial charge on any atom is 0.188 e. The molecule has 0 radical (unpaired) electrons. The van der Waals surface area contributed by atoms with E-state index in [0.717, 1.165) is 0 Å². The van der Waals surface area contributed by atoms with Crippen LogP contribution in [0.4, 0.5) is 0 Å². The van der Waals surface area contributed by atoms with Crippen molar-refractivity contribution in [1.82, 2.24) is 0 Å². The van der Waals surface area contributed by atoms with Gasteiger partial charge in [-0.1, -0.05) is 0 Å². The number of hydrogen-bond acceptors (Lipinski definition) is 6. The standard InChI is InChI=1S/C16H20O6/c1-18-11-19-12-2-4-13(5-3-12)22-15-10-16(7-6-14(15)17)20-8-9-21-16/h2-5,15H,6-11H2,1H3. The molecule has 0 N–H and O–H groups in total. The second-order valence-electron chi connectivity index (χ2n) is 5.41. The number of hydrogen-bond donors (Lipinski definition) is 0. The summed E-state index contributed by atoms with van der Waals surface area (Å²) in [5.74, 6) is 0.755. The van der Waals surface area contributed by atoms with E-state index in [9.17, 15) is 4.79 Å². The van der Waals surface area contributed by atoms with Gasteiger partial charge in [0.15, 0.2) is 24.5 Å². The monoisotopic (exact) mass is 308 g/mol. The zero-order valence-corrected chi connectivity index (χ0v) is 12.6. The number of carbonyl (C=O) groups is 1. The predicted octanol–water partition coefficient (Wildman–Crippen LogP) is 1.91. The topological polar surface area (TPSA) is 63.2 Å². The fourth-order valence-corrected chi connectivity index (χ4v) is 2.75. The maximum absolute atomic E-state index is 12.1. The maximum atomic E-state index is 12.1. The van der Waals surface area contributed by atoms with E-state index in [1.54, 1.807) is 31.4 Å². The first-order valence-electron chi connectivity index (χ1n) is 7.40. The number of ether oxygens (including phenoxy) is 5. The average molecular weight is 308 g/mol. The molecule has 2 fully saturated rings. The van der Waals surface area contributed by atoms with Gasteiger partial charge in [-0.05, 0) is 24.3 Å². The Morgan fingerprint density at radius 1 is 1.18 bits per heavy atom. The first-order valence-corrected chi connectivity index (χ1v) is 7.40. The van der Waals surface area contributed by atoms with Crippen LogP contribution < -0.4 is 9.47 Å². The van der Waals surface area contributed by atoms with Gasteiger partial charge in [-0.3, -0.25) is 4.79 Å². The molecule has 1 heterocycles. The summed E-state index contributed by atoms with van der Waals surface area (Å²) in [6.45, 7) is 1.34. The van der Waals surface area contributed by atoms with E-state index >= 15 is 0 Å². The van der Waals surface area contributed by atoms with Crippen LogP contribution in [0.25, 0.3) is 0 Å². The molecule has 1 saturated carbocycles. The Morgan fingerprint density at radius 3 is 2.55 bits per heavy atom. The molecule has 1 unspecified atom stereocenters. The molecule has 120 valence electrons. The van der Waals surface area contributed by atoms with Gasteiger partial charge >= 0.3 is 0 Å². The van der Waals surface area contributed by atoms with Crippen LogP contribution in [0.3, 0.4) is 0 Å². The Balaban J connectivity index is 1.62. The van der Waals surface area contributed by atoms with E-state index < -0.39 is 11.9 Å². The molecule has 6 nitrogen and oxygen atoms in total. The van der Waals surface area contributed by atoms with Gasteiger partial charge in [0.2, 0.25) is 0 Å². The van der Waals surface area contributed by atoms with Crippen LogP contribution in [-0.4, -0.2) is 44.8 Å². The molecule has 1 spiro atoms. The SMILES string of the molecule is COCOc1ccc(OC2CC3(CCC2=O)OCCO3)cc1. The first kappa shape index (κ1) is 15.3. The fourth-order valence-electron chi connectivity index (χ4n) is 2.75. The minimum atomic E-state index is -0.639. The third kappa shape index (κ3) is 3.40. The molecule has 1 saturated heterocycles. The van der Waals surface area contributed by atoms with Crippen molar-refractivity contribution in [2.45, 2.75) is 31.2 Å². The summed E-state index contributed by atoms with van der Waals surface area (Å²) < 4.78 is 27.3. The predicted molar refractivity (Wildman–Crippen MR) is 76.9 cm³/mol. The molecule has 0 amide bonds. The quantitative estimate of drug-likeness (QED) is 0.774. The zero-order chi connectivity index (χ0) is 15.4. The molecular weight excluding hydrogens is 288 g/mol. The molecule has 2 aliphatic rings. The van der Waals surface area contributed by atoms with Crippen molar-refractivity contribution in [3.63, 3.8) is 0 Å². The Hall–Kier alpha value is -1.63. The lowest BCUT2D eigenvalue weighted by Gasteiger charge is -2.35. The van der Waals surface area contributed by atoms with Crippen LogP contribution in [0, 0.1) is 0 Å². The highest BCUT2D eigenvalue weighted by Crippen LogP contribution is 2.36. The minimum absolute atomic E-state index is 0.0874. The number of rotatable bonds is 5. The van der Waals surface area contributed by atoms with E-state index in [1.165, 1.54) is 0 Å². The van der Waals surface area contributed by atoms with Crippen LogP contribution in [0.15, 0.2) is 24.3 Å². The van der Waals surface area contributed by atoms with Crippen LogP contribution in [0.1, 0.15) is 19.3 Å². The van der Waals surface area contributed by atoms with Crippen molar-refractivity contribution < 1.29 is 28.5 Å². The van der Waals surface area contributed by atoms with Gasteiger partial charge < -0.3 is 23.7 Å². The lowest BCUT2D eigenvalue weighted by atomic mass is 9.90. The summed E-state index contributed by atoms with van der Waals surface area (Å²) >= 11 is 0. The van der Waals surface area contributed by atoms with Crippen LogP contribution in [0.5, 0.6) is 11.5 Å². The van der Waals surface area contributed by atoms with Crippen molar-refractivity contribution in [1.29, 1.82) is 0 Å². The normalized spacial score (nSPS) is 23.7. The molecule has 22 heavy (non-hydrogen) atoms. The average Bonchev–Trinajstić information content (AvgIpc) is 2.99. The smallest absolute Gasteiger partial charge is 0.188 e. The van der Waals surface area contributed by atoms with Gasteiger partial charge in [0, 0.05) is 26.4 Å². The summed E-state index contributed by atoms with van der Waals surface area (Å²) in [4.78, 5) is 12.1. The molecule has 1 aliphatic carbocycles. The first-order chi connectivity index (χ1) is 10.7. The number of benzene rings is 1. The highest BCUT2D eigenvalue weighted by Gasteiger charge is 2.45. The molecule has 1 atom stereocenters. The van der Waals surface area contributed by atoms with E-state index in [0.29, 0.717) is 44.0 Å². The van der Waals surface area contributed by atoms with Gasteiger partial charge in [-0.25, -0.2) is 0 Å². The third-order valence-electron chi connectivity index (χ3n) is 3.87. The highest BCUT2D eigenvalue weighted by molar-refractivity contribution is 5.84. The van der Waals surface area contributed by atoms with Crippen molar-refractivity contribution in [2.24, 2.45) is 0 Å². The van der Waals surface area contributed by atoms with E-state index in [4.69, 9.17) is 23.7 Å². The van der Waals surface area contributed by atoms with Crippen molar-refractivity contribution in [2.75, 3.05) is 27.1 Å². The lowest BCUT2D eigenvalue weighted by molar-refractivity contribution is -0.194. The summed E-state index contributed by atoms with van der Waals surface area (Å²) in [6.07, 6.45) is 0.931. The number of ketones is 1. The Bertz CT molecular complexity index is 506. The summed E-state index contributed by atoms with van der Waals surface area (Å²) in [5.41, 5.74) is 0. The highest BCUT2D eigenvalue weighted by atomic mass is 16.7. The van der Waals surface area contributed by atoms with Gasteiger partial charge in [0.25, 0.3) is 0 Å². The van der Waals surface area contributed by atoms with Crippen molar-refractivity contribution >= 4 is 5.78 Å². The molecule has 1 aromatic rings. The molecule has 0 bridgehead atoms. The second kappa shape index (κ2) is 6.64. The van der Waals surface area contributed by atoms with Crippen LogP contribution >= 0.6 is 0 Å². The number of Topliss-reactive ketones (excluding diaryl/α,β-unsaturated/α-hetero) is 1. The molecule has 1 aromatic carbocycles. The van der Waals surface area contributed by atoms with E-state index in [2.05, 4.69) is 0 Å². The molecule has 1 aliphatic heterocycles.